The lowest BCUT2D eigenvalue weighted by Crippen LogP contribution is -2.31. The van der Waals surface area contributed by atoms with Crippen LogP contribution in [0.25, 0.3) is 0 Å². The first-order valence-electron chi connectivity index (χ1n) is 4.62. The molecule has 0 aromatic rings. The van der Waals surface area contributed by atoms with Gasteiger partial charge in [0.05, 0.1) is 6.10 Å². The van der Waals surface area contributed by atoms with Crippen LogP contribution in [-0.4, -0.2) is 25.2 Å². The van der Waals surface area contributed by atoms with Gasteiger partial charge in [0.2, 0.25) is 5.91 Å². The third-order valence-corrected chi connectivity index (χ3v) is 2.42. The summed E-state index contributed by atoms with van der Waals surface area (Å²) in [6.45, 7) is 5.54. The number of hydrogen-bond acceptors (Lipinski definition) is 2. The van der Waals surface area contributed by atoms with Gasteiger partial charge in [-0.1, -0.05) is 6.92 Å². The number of carbonyl (C=O) groups is 1. The first kappa shape index (κ1) is 9.52. The molecule has 1 saturated heterocycles. The molecule has 0 radical (unpaired) electrons. The van der Waals surface area contributed by atoms with Gasteiger partial charge in [0, 0.05) is 25.5 Å². The Balaban J connectivity index is 2.18. The van der Waals surface area contributed by atoms with Gasteiger partial charge in [-0.05, 0) is 13.3 Å². The summed E-state index contributed by atoms with van der Waals surface area (Å²) in [5.41, 5.74) is 0. The molecule has 0 spiro atoms. The number of hydrogen-bond donors (Lipinski definition) is 1. The predicted octanol–water partition coefficient (Wildman–Crippen LogP) is 0.938. The fourth-order valence-electron chi connectivity index (χ4n) is 1.41. The summed E-state index contributed by atoms with van der Waals surface area (Å²) in [5, 5.41) is 2.89. The second kappa shape index (κ2) is 4.45. The molecule has 2 atom stereocenters. The Morgan fingerprint density at radius 1 is 1.67 bits per heavy atom. The van der Waals surface area contributed by atoms with Crippen LogP contribution in [0.1, 0.15) is 26.7 Å². The molecule has 1 aliphatic rings. The summed E-state index contributed by atoms with van der Waals surface area (Å²) in [6, 6.07) is 0. The van der Waals surface area contributed by atoms with Gasteiger partial charge in [0.15, 0.2) is 0 Å². The summed E-state index contributed by atoms with van der Waals surface area (Å²) in [6.07, 6.45) is 1.95. The van der Waals surface area contributed by atoms with Crippen LogP contribution < -0.4 is 5.32 Å². The monoisotopic (exact) mass is 171 g/mol. The molecule has 1 N–H and O–H groups in total. The highest BCUT2D eigenvalue weighted by Crippen LogP contribution is 2.19. The number of rotatable bonds is 3. The maximum atomic E-state index is 10.9. The largest absolute Gasteiger partial charge is 0.378 e. The Bertz CT molecular complexity index is 159. The minimum atomic E-state index is 0.133. The lowest BCUT2D eigenvalue weighted by Gasteiger charge is -2.13. The molecule has 1 aliphatic heterocycles. The van der Waals surface area contributed by atoms with Crippen molar-refractivity contribution in [2.45, 2.75) is 32.8 Å². The number of ether oxygens (including phenoxy) is 1. The summed E-state index contributed by atoms with van der Waals surface area (Å²) >= 11 is 0. The van der Waals surface area contributed by atoms with E-state index in [2.05, 4.69) is 12.2 Å². The van der Waals surface area contributed by atoms with Crippen molar-refractivity contribution in [2.24, 2.45) is 5.92 Å². The second-order valence-corrected chi connectivity index (χ2v) is 3.28. The lowest BCUT2D eigenvalue weighted by molar-refractivity contribution is -0.121. The molecule has 0 aliphatic carbocycles. The van der Waals surface area contributed by atoms with Crippen molar-refractivity contribution in [3.8, 4) is 0 Å². The Hall–Kier alpha value is -0.570. The summed E-state index contributed by atoms with van der Waals surface area (Å²) < 4.78 is 5.38. The van der Waals surface area contributed by atoms with Crippen molar-refractivity contribution >= 4 is 5.91 Å². The van der Waals surface area contributed by atoms with E-state index in [4.69, 9.17) is 4.74 Å². The average molecular weight is 171 g/mol. The molecule has 0 aromatic carbocycles. The highest BCUT2D eigenvalue weighted by molar-refractivity contribution is 5.75. The Kier molecular flexibility index (Phi) is 3.53. The van der Waals surface area contributed by atoms with E-state index in [0.29, 0.717) is 18.4 Å². The lowest BCUT2D eigenvalue weighted by atomic mass is 10.0. The average Bonchev–Trinajstić information content (AvgIpc) is 2.47. The van der Waals surface area contributed by atoms with E-state index in [9.17, 15) is 4.79 Å². The van der Waals surface area contributed by atoms with E-state index in [-0.39, 0.29) is 5.91 Å². The van der Waals surface area contributed by atoms with Crippen LogP contribution in [0.4, 0.5) is 0 Å². The molecule has 12 heavy (non-hydrogen) atoms. The maximum Gasteiger partial charge on any atom is 0.219 e. The first-order valence-corrected chi connectivity index (χ1v) is 4.62. The van der Waals surface area contributed by atoms with E-state index in [0.717, 1.165) is 19.6 Å². The molecule has 1 rings (SSSR count). The SMILES string of the molecule is CCC(=O)NCC1CCOC1C. The normalized spacial score (nSPS) is 28.8. The molecule has 1 heterocycles. The van der Waals surface area contributed by atoms with E-state index >= 15 is 0 Å². The number of carbonyl (C=O) groups excluding carboxylic acids is 1. The zero-order valence-corrected chi connectivity index (χ0v) is 7.80. The van der Waals surface area contributed by atoms with E-state index in [1.807, 2.05) is 6.92 Å². The van der Waals surface area contributed by atoms with Crippen LogP contribution in [0.5, 0.6) is 0 Å². The molecule has 1 fully saturated rings. The fourth-order valence-corrected chi connectivity index (χ4v) is 1.41. The van der Waals surface area contributed by atoms with E-state index in [1.54, 1.807) is 0 Å². The molecule has 1 amide bonds. The van der Waals surface area contributed by atoms with E-state index in [1.165, 1.54) is 0 Å². The highest BCUT2D eigenvalue weighted by Gasteiger charge is 2.23. The van der Waals surface area contributed by atoms with Gasteiger partial charge in [-0.25, -0.2) is 0 Å². The zero-order chi connectivity index (χ0) is 8.97. The quantitative estimate of drug-likeness (QED) is 0.686. The van der Waals surface area contributed by atoms with Gasteiger partial charge in [-0.2, -0.15) is 0 Å². The van der Waals surface area contributed by atoms with Crippen molar-refractivity contribution in [1.82, 2.24) is 5.32 Å². The molecule has 3 nitrogen and oxygen atoms in total. The minimum absolute atomic E-state index is 0.133. The fraction of sp³-hybridized carbons (Fsp3) is 0.889. The summed E-state index contributed by atoms with van der Waals surface area (Å²) in [5.74, 6) is 0.648. The van der Waals surface area contributed by atoms with Gasteiger partial charge < -0.3 is 10.1 Å². The molecule has 0 bridgehead atoms. The number of amides is 1. The van der Waals surface area contributed by atoms with Gasteiger partial charge in [-0.15, -0.1) is 0 Å². The van der Waals surface area contributed by atoms with E-state index < -0.39 is 0 Å². The molecule has 0 aromatic heterocycles. The third-order valence-electron chi connectivity index (χ3n) is 2.42. The maximum absolute atomic E-state index is 10.9. The summed E-state index contributed by atoms with van der Waals surface area (Å²) in [7, 11) is 0. The molecular weight excluding hydrogens is 154 g/mol. The van der Waals surface area contributed by atoms with Crippen molar-refractivity contribution in [3.05, 3.63) is 0 Å². The van der Waals surface area contributed by atoms with Crippen LogP contribution in [0.15, 0.2) is 0 Å². The number of nitrogens with one attached hydrogen (secondary N) is 1. The van der Waals surface area contributed by atoms with Crippen molar-refractivity contribution < 1.29 is 9.53 Å². The molecule has 2 unspecified atom stereocenters. The Labute approximate surface area is 73.5 Å². The van der Waals surface area contributed by atoms with Crippen molar-refractivity contribution in [2.75, 3.05) is 13.2 Å². The topological polar surface area (TPSA) is 38.3 Å². The van der Waals surface area contributed by atoms with Gasteiger partial charge in [0.1, 0.15) is 0 Å². The zero-order valence-electron chi connectivity index (χ0n) is 7.80. The van der Waals surface area contributed by atoms with Gasteiger partial charge >= 0.3 is 0 Å². The van der Waals surface area contributed by atoms with Crippen LogP contribution >= 0.6 is 0 Å². The van der Waals surface area contributed by atoms with Gasteiger partial charge in [0.25, 0.3) is 0 Å². The van der Waals surface area contributed by atoms with Gasteiger partial charge in [-0.3, -0.25) is 4.79 Å². The van der Waals surface area contributed by atoms with Crippen LogP contribution in [0, 0.1) is 5.92 Å². The molecule has 70 valence electrons. The standard InChI is InChI=1S/C9H17NO2/c1-3-9(11)10-6-8-4-5-12-7(8)2/h7-8H,3-6H2,1-2H3,(H,10,11). The Morgan fingerprint density at radius 3 is 2.92 bits per heavy atom. The summed E-state index contributed by atoms with van der Waals surface area (Å²) in [4.78, 5) is 10.9. The second-order valence-electron chi connectivity index (χ2n) is 3.28. The first-order chi connectivity index (χ1) is 5.74. The van der Waals surface area contributed by atoms with Crippen LogP contribution in [0.3, 0.4) is 0 Å². The molecule has 3 heteroatoms. The van der Waals surface area contributed by atoms with Crippen LogP contribution in [0.2, 0.25) is 0 Å². The minimum Gasteiger partial charge on any atom is -0.378 e. The van der Waals surface area contributed by atoms with Crippen molar-refractivity contribution in [1.29, 1.82) is 0 Å². The molecular formula is C9H17NO2. The third kappa shape index (κ3) is 2.48. The highest BCUT2D eigenvalue weighted by atomic mass is 16.5. The Morgan fingerprint density at radius 2 is 2.42 bits per heavy atom. The van der Waals surface area contributed by atoms with Crippen molar-refractivity contribution in [3.63, 3.8) is 0 Å². The molecule has 0 saturated carbocycles. The van der Waals surface area contributed by atoms with Crippen LogP contribution in [-0.2, 0) is 9.53 Å². The predicted molar refractivity (Wildman–Crippen MR) is 46.8 cm³/mol. The smallest absolute Gasteiger partial charge is 0.219 e.